The largest absolute Gasteiger partial charge is 0.351 e. The monoisotopic (exact) mass is 289 g/mol. The standard InChI is InChI=1S/C17H27N3O/c1-14(13-20-11-5-6-12-20)19-17(21)16(18)10-9-15-7-3-2-4-8-15/h2-4,7-8,14,16H,5-6,9-13,18H2,1H3,(H,19,21). The normalized spacial score (nSPS) is 18.4. The highest BCUT2D eigenvalue weighted by molar-refractivity contribution is 5.81. The van der Waals surface area contributed by atoms with E-state index in [1.165, 1.54) is 18.4 Å². The van der Waals surface area contributed by atoms with Gasteiger partial charge in [0.1, 0.15) is 0 Å². The Kier molecular flexibility index (Phi) is 6.21. The van der Waals surface area contributed by atoms with Crippen molar-refractivity contribution >= 4 is 5.91 Å². The van der Waals surface area contributed by atoms with Gasteiger partial charge >= 0.3 is 0 Å². The maximum absolute atomic E-state index is 12.1. The molecule has 1 aliphatic heterocycles. The van der Waals surface area contributed by atoms with Crippen molar-refractivity contribution in [2.24, 2.45) is 5.73 Å². The van der Waals surface area contributed by atoms with Crippen LogP contribution < -0.4 is 11.1 Å². The Bertz CT molecular complexity index is 429. The second-order valence-electron chi connectivity index (χ2n) is 6.05. The number of hydrogen-bond acceptors (Lipinski definition) is 3. The first-order chi connectivity index (χ1) is 10.1. The fraction of sp³-hybridized carbons (Fsp3) is 0.588. The smallest absolute Gasteiger partial charge is 0.237 e. The van der Waals surface area contributed by atoms with Crippen LogP contribution in [0.2, 0.25) is 0 Å². The summed E-state index contributed by atoms with van der Waals surface area (Å²) in [5.74, 6) is -0.0300. The summed E-state index contributed by atoms with van der Waals surface area (Å²) < 4.78 is 0. The number of carbonyl (C=O) groups is 1. The van der Waals surface area contributed by atoms with Crippen LogP contribution in [-0.2, 0) is 11.2 Å². The van der Waals surface area contributed by atoms with Crippen LogP contribution in [0.3, 0.4) is 0 Å². The topological polar surface area (TPSA) is 58.4 Å². The molecule has 0 saturated carbocycles. The molecule has 2 unspecified atom stereocenters. The Morgan fingerprint density at radius 3 is 2.62 bits per heavy atom. The van der Waals surface area contributed by atoms with Crippen LogP contribution >= 0.6 is 0 Å². The highest BCUT2D eigenvalue weighted by Crippen LogP contribution is 2.08. The number of aryl methyl sites for hydroxylation is 1. The Morgan fingerprint density at radius 1 is 1.29 bits per heavy atom. The SMILES string of the molecule is CC(CN1CCCC1)NC(=O)C(N)CCc1ccccc1. The maximum Gasteiger partial charge on any atom is 0.237 e. The van der Waals surface area contributed by atoms with E-state index in [-0.39, 0.29) is 11.9 Å². The zero-order chi connectivity index (χ0) is 15.1. The third-order valence-corrected chi connectivity index (χ3v) is 4.04. The molecule has 1 aromatic carbocycles. The zero-order valence-corrected chi connectivity index (χ0v) is 12.9. The number of rotatable bonds is 7. The summed E-state index contributed by atoms with van der Waals surface area (Å²) in [5.41, 5.74) is 7.22. The van der Waals surface area contributed by atoms with Gasteiger partial charge in [-0.05, 0) is 51.3 Å². The molecule has 1 heterocycles. The molecule has 2 atom stereocenters. The molecular formula is C17H27N3O. The number of nitrogens with two attached hydrogens (primary N) is 1. The van der Waals surface area contributed by atoms with Gasteiger partial charge in [-0.15, -0.1) is 0 Å². The highest BCUT2D eigenvalue weighted by atomic mass is 16.2. The molecule has 1 saturated heterocycles. The molecule has 4 nitrogen and oxygen atoms in total. The molecule has 4 heteroatoms. The fourth-order valence-corrected chi connectivity index (χ4v) is 2.85. The summed E-state index contributed by atoms with van der Waals surface area (Å²) in [4.78, 5) is 14.5. The number of nitrogens with one attached hydrogen (secondary N) is 1. The second kappa shape index (κ2) is 8.15. The van der Waals surface area contributed by atoms with Crippen LogP contribution in [-0.4, -0.2) is 42.5 Å². The Labute approximate surface area is 127 Å². The third kappa shape index (κ3) is 5.48. The summed E-state index contributed by atoms with van der Waals surface area (Å²) in [6.45, 7) is 5.29. The fourth-order valence-electron chi connectivity index (χ4n) is 2.85. The molecule has 116 valence electrons. The van der Waals surface area contributed by atoms with Crippen molar-refractivity contribution in [1.82, 2.24) is 10.2 Å². The van der Waals surface area contributed by atoms with Crippen LogP contribution in [0.25, 0.3) is 0 Å². The van der Waals surface area contributed by atoms with Gasteiger partial charge in [0.2, 0.25) is 5.91 Å². The molecule has 1 aliphatic rings. The van der Waals surface area contributed by atoms with Gasteiger partial charge in [-0.2, -0.15) is 0 Å². The number of benzene rings is 1. The average molecular weight is 289 g/mol. The van der Waals surface area contributed by atoms with Crippen LogP contribution in [0.5, 0.6) is 0 Å². The van der Waals surface area contributed by atoms with Crippen molar-refractivity contribution in [3.8, 4) is 0 Å². The van der Waals surface area contributed by atoms with Gasteiger partial charge in [0, 0.05) is 12.6 Å². The van der Waals surface area contributed by atoms with Gasteiger partial charge in [-0.3, -0.25) is 4.79 Å². The van der Waals surface area contributed by atoms with Crippen LogP contribution in [0, 0.1) is 0 Å². The number of amides is 1. The van der Waals surface area contributed by atoms with Crippen molar-refractivity contribution in [2.45, 2.75) is 44.7 Å². The summed E-state index contributed by atoms with van der Waals surface area (Å²) in [6.07, 6.45) is 4.08. The number of likely N-dealkylation sites (tertiary alicyclic amines) is 1. The molecule has 0 aromatic heterocycles. The van der Waals surface area contributed by atoms with E-state index in [0.29, 0.717) is 6.42 Å². The minimum absolute atomic E-state index is 0.0300. The van der Waals surface area contributed by atoms with Gasteiger partial charge < -0.3 is 16.0 Å². The van der Waals surface area contributed by atoms with E-state index < -0.39 is 6.04 Å². The summed E-state index contributed by atoms with van der Waals surface area (Å²) in [6, 6.07) is 9.90. The second-order valence-corrected chi connectivity index (χ2v) is 6.05. The summed E-state index contributed by atoms with van der Waals surface area (Å²) >= 11 is 0. The number of nitrogens with zero attached hydrogens (tertiary/aromatic N) is 1. The molecular weight excluding hydrogens is 262 g/mol. The first-order valence-electron chi connectivity index (χ1n) is 7.97. The Morgan fingerprint density at radius 2 is 1.95 bits per heavy atom. The highest BCUT2D eigenvalue weighted by Gasteiger charge is 2.19. The van der Waals surface area contributed by atoms with Gasteiger partial charge in [0.15, 0.2) is 0 Å². The molecule has 2 rings (SSSR count). The predicted octanol–water partition coefficient (Wildman–Crippen LogP) is 1.55. The van der Waals surface area contributed by atoms with Gasteiger partial charge in [-0.25, -0.2) is 0 Å². The van der Waals surface area contributed by atoms with Gasteiger partial charge in [0.05, 0.1) is 6.04 Å². The molecule has 0 radical (unpaired) electrons. The van der Waals surface area contributed by atoms with Crippen LogP contribution in [0.15, 0.2) is 30.3 Å². The Hall–Kier alpha value is -1.39. The lowest BCUT2D eigenvalue weighted by Gasteiger charge is -2.22. The van der Waals surface area contributed by atoms with Gasteiger partial charge in [0.25, 0.3) is 0 Å². The number of carbonyl (C=O) groups excluding carboxylic acids is 1. The molecule has 3 N–H and O–H groups in total. The molecule has 21 heavy (non-hydrogen) atoms. The number of hydrogen-bond donors (Lipinski definition) is 2. The third-order valence-electron chi connectivity index (χ3n) is 4.04. The Balaban J connectivity index is 1.69. The minimum Gasteiger partial charge on any atom is -0.351 e. The van der Waals surface area contributed by atoms with Crippen molar-refractivity contribution in [3.05, 3.63) is 35.9 Å². The maximum atomic E-state index is 12.1. The van der Waals surface area contributed by atoms with Crippen molar-refractivity contribution in [1.29, 1.82) is 0 Å². The van der Waals surface area contributed by atoms with Crippen LogP contribution in [0.4, 0.5) is 0 Å². The first kappa shape index (κ1) is 16.0. The van der Waals surface area contributed by atoms with E-state index in [0.717, 1.165) is 26.1 Å². The molecule has 1 amide bonds. The van der Waals surface area contributed by atoms with E-state index in [1.54, 1.807) is 0 Å². The van der Waals surface area contributed by atoms with E-state index in [9.17, 15) is 4.79 Å². The van der Waals surface area contributed by atoms with Gasteiger partial charge in [-0.1, -0.05) is 30.3 Å². The predicted molar refractivity (Wildman–Crippen MR) is 86.0 cm³/mol. The first-order valence-corrected chi connectivity index (χ1v) is 7.97. The molecule has 0 aliphatic carbocycles. The molecule has 1 fully saturated rings. The quantitative estimate of drug-likeness (QED) is 0.800. The lowest BCUT2D eigenvalue weighted by molar-refractivity contribution is -0.123. The van der Waals surface area contributed by atoms with E-state index in [4.69, 9.17) is 5.73 Å². The van der Waals surface area contributed by atoms with Crippen molar-refractivity contribution < 1.29 is 4.79 Å². The zero-order valence-electron chi connectivity index (χ0n) is 12.9. The minimum atomic E-state index is -0.425. The van der Waals surface area contributed by atoms with Crippen LogP contribution in [0.1, 0.15) is 31.7 Å². The summed E-state index contributed by atoms with van der Waals surface area (Å²) in [7, 11) is 0. The molecule has 0 bridgehead atoms. The lowest BCUT2D eigenvalue weighted by atomic mass is 10.1. The van der Waals surface area contributed by atoms with E-state index in [1.807, 2.05) is 18.2 Å². The summed E-state index contributed by atoms with van der Waals surface area (Å²) in [5, 5.41) is 3.04. The van der Waals surface area contributed by atoms with Crippen molar-refractivity contribution in [2.75, 3.05) is 19.6 Å². The van der Waals surface area contributed by atoms with E-state index >= 15 is 0 Å². The van der Waals surface area contributed by atoms with E-state index in [2.05, 4.69) is 29.3 Å². The molecule has 0 spiro atoms. The lowest BCUT2D eigenvalue weighted by Crippen LogP contribution is -2.48. The molecule has 1 aromatic rings. The average Bonchev–Trinajstić information content (AvgIpc) is 2.98. The van der Waals surface area contributed by atoms with Crippen molar-refractivity contribution in [3.63, 3.8) is 0 Å².